The fourth-order valence-electron chi connectivity index (χ4n) is 2.62. The summed E-state index contributed by atoms with van der Waals surface area (Å²) in [4.78, 5) is 12.2. The van der Waals surface area contributed by atoms with E-state index in [9.17, 15) is 0 Å². The number of benzene rings is 2. The molecule has 0 spiro atoms. The molecule has 4 nitrogen and oxygen atoms in total. The van der Waals surface area contributed by atoms with Crippen molar-refractivity contribution in [1.82, 2.24) is 15.0 Å². The molecule has 0 atom stereocenters. The van der Waals surface area contributed by atoms with E-state index in [1.54, 1.807) is 0 Å². The lowest BCUT2D eigenvalue weighted by molar-refractivity contribution is 0.528. The summed E-state index contributed by atoms with van der Waals surface area (Å²) in [5.41, 5.74) is 5.13. The first-order chi connectivity index (χ1) is 10.3. The fraction of sp³-hybridized carbons (Fsp3) is 0.176. The summed E-state index contributed by atoms with van der Waals surface area (Å²) in [7, 11) is 0. The molecule has 2 aromatic heterocycles. The Labute approximate surface area is 121 Å². The maximum absolute atomic E-state index is 5.75. The molecule has 21 heavy (non-hydrogen) atoms. The van der Waals surface area contributed by atoms with E-state index in [1.165, 1.54) is 5.56 Å². The number of aryl methyl sites for hydroxylation is 3. The molecule has 1 N–H and O–H groups in total. The molecule has 0 saturated carbocycles. The van der Waals surface area contributed by atoms with Crippen LogP contribution < -0.4 is 0 Å². The summed E-state index contributed by atoms with van der Waals surface area (Å²) in [6.45, 7) is 1.97. The molecule has 2 heterocycles. The van der Waals surface area contributed by atoms with Crippen molar-refractivity contribution in [2.75, 3.05) is 0 Å². The van der Waals surface area contributed by atoms with E-state index in [4.69, 9.17) is 4.42 Å². The van der Waals surface area contributed by atoms with E-state index in [0.717, 1.165) is 46.7 Å². The van der Waals surface area contributed by atoms with Gasteiger partial charge in [0, 0.05) is 6.42 Å². The number of rotatable bonds is 3. The standard InChI is InChI=1S/C17H15N3O/c1-11-18-13-8-6-12(10-15(13)19-11)7-9-17-20-14-4-2-3-5-16(14)21-17/h2-6,8,10H,7,9H2,1H3,(H,18,19). The zero-order valence-electron chi connectivity index (χ0n) is 11.8. The lowest BCUT2D eigenvalue weighted by atomic mass is 10.1. The minimum absolute atomic E-state index is 0.789. The van der Waals surface area contributed by atoms with Crippen molar-refractivity contribution in [3.05, 3.63) is 59.7 Å². The maximum atomic E-state index is 5.75. The van der Waals surface area contributed by atoms with E-state index in [0.29, 0.717) is 0 Å². The molecule has 0 radical (unpaired) electrons. The van der Waals surface area contributed by atoms with Gasteiger partial charge in [-0.2, -0.15) is 0 Å². The Bertz CT molecular complexity index is 887. The van der Waals surface area contributed by atoms with E-state index in [-0.39, 0.29) is 0 Å². The number of fused-ring (bicyclic) bond motifs is 2. The number of hydrogen-bond donors (Lipinski definition) is 1. The topological polar surface area (TPSA) is 54.7 Å². The van der Waals surface area contributed by atoms with Crippen molar-refractivity contribution < 1.29 is 4.42 Å². The third kappa shape index (κ3) is 2.29. The largest absolute Gasteiger partial charge is 0.441 e. The molecule has 0 aliphatic carbocycles. The average molecular weight is 277 g/mol. The molecule has 0 amide bonds. The summed E-state index contributed by atoms with van der Waals surface area (Å²) in [5, 5.41) is 0. The molecule has 0 unspecified atom stereocenters. The number of nitrogens with one attached hydrogen (secondary N) is 1. The number of H-pyrrole nitrogens is 1. The monoisotopic (exact) mass is 277 g/mol. The number of para-hydroxylation sites is 2. The highest BCUT2D eigenvalue weighted by atomic mass is 16.3. The van der Waals surface area contributed by atoms with Crippen LogP contribution >= 0.6 is 0 Å². The van der Waals surface area contributed by atoms with Gasteiger partial charge in [0.1, 0.15) is 11.3 Å². The van der Waals surface area contributed by atoms with Crippen LogP contribution in [0.3, 0.4) is 0 Å². The number of aromatic nitrogens is 3. The number of oxazole rings is 1. The number of hydrogen-bond acceptors (Lipinski definition) is 3. The van der Waals surface area contributed by atoms with Crippen molar-refractivity contribution in [1.29, 1.82) is 0 Å². The Morgan fingerprint density at radius 1 is 1.00 bits per heavy atom. The molecule has 0 saturated heterocycles. The second-order valence-corrected chi connectivity index (χ2v) is 5.25. The van der Waals surface area contributed by atoms with Gasteiger partial charge >= 0.3 is 0 Å². The van der Waals surface area contributed by atoms with E-state index in [2.05, 4.69) is 33.2 Å². The second-order valence-electron chi connectivity index (χ2n) is 5.25. The molecule has 4 aromatic rings. The minimum atomic E-state index is 0.789. The highest BCUT2D eigenvalue weighted by molar-refractivity contribution is 5.76. The smallest absolute Gasteiger partial charge is 0.195 e. The van der Waals surface area contributed by atoms with Crippen LogP contribution in [0.1, 0.15) is 17.3 Å². The fourth-order valence-corrected chi connectivity index (χ4v) is 2.62. The molecule has 4 rings (SSSR count). The van der Waals surface area contributed by atoms with Gasteiger partial charge in [0.05, 0.1) is 11.0 Å². The van der Waals surface area contributed by atoms with Gasteiger partial charge in [0.2, 0.25) is 0 Å². The van der Waals surface area contributed by atoms with Crippen molar-refractivity contribution in [2.45, 2.75) is 19.8 Å². The summed E-state index contributed by atoms with van der Waals surface area (Å²) < 4.78 is 5.75. The van der Waals surface area contributed by atoms with Crippen LogP contribution in [0.5, 0.6) is 0 Å². The van der Waals surface area contributed by atoms with Crippen LogP contribution in [0, 0.1) is 6.92 Å². The van der Waals surface area contributed by atoms with Crippen LogP contribution in [0.25, 0.3) is 22.1 Å². The van der Waals surface area contributed by atoms with E-state index < -0.39 is 0 Å². The maximum Gasteiger partial charge on any atom is 0.195 e. The zero-order chi connectivity index (χ0) is 14.2. The summed E-state index contributed by atoms with van der Waals surface area (Å²) in [5.74, 6) is 1.73. The normalized spacial score (nSPS) is 11.5. The molecule has 0 aliphatic heterocycles. The van der Waals surface area contributed by atoms with Crippen LogP contribution in [0.15, 0.2) is 46.9 Å². The summed E-state index contributed by atoms with van der Waals surface area (Å²) in [6, 6.07) is 14.2. The Balaban J connectivity index is 1.56. The summed E-state index contributed by atoms with van der Waals surface area (Å²) >= 11 is 0. The van der Waals surface area contributed by atoms with Crippen molar-refractivity contribution in [3.8, 4) is 0 Å². The molecular formula is C17H15N3O. The van der Waals surface area contributed by atoms with Gasteiger partial charge in [-0.15, -0.1) is 0 Å². The quantitative estimate of drug-likeness (QED) is 0.619. The Hall–Kier alpha value is -2.62. The van der Waals surface area contributed by atoms with Gasteiger partial charge in [-0.1, -0.05) is 18.2 Å². The van der Waals surface area contributed by atoms with Gasteiger partial charge in [-0.3, -0.25) is 0 Å². The van der Waals surface area contributed by atoms with E-state index >= 15 is 0 Å². The van der Waals surface area contributed by atoms with Crippen LogP contribution in [-0.4, -0.2) is 15.0 Å². The minimum Gasteiger partial charge on any atom is -0.441 e. The molecule has 0 aliphatic rings. The highest BCUT2D eigenvalue weighted by Crippen LogP contribution is 2.18. The highest BCUT2D eigenvalue weighted by Gasteiger charge is 2.06. The molecule has 104 valence electrons. The SMILES string of the molecule is Cc1nc2ccc(CCc3nc4ccccc4o3)cc2[nH]1. The van der Waals surface area contributed by atoms with Crippen molar-refractivity contribution in [3.63, 3.8) is 0 Å². The third-order valence-corrected chi connectivity index (χ3v) is 3.63. The lowest BCUT2D eigenvalue weighted by Crippen LogP contribution is -1.91. The van der Waals surface area contributed by atoms with Gasteiger partial charge in [-0.25, -0.2) is 9.97 Å². The first-order valence-electron chi connectivity index (χ1n) is 7.08. The van der Waals surface area contributed by atoms with Crippen molar-refractivity contribution in [2.24, 2.45) is 0 Å². The van der Waals surface area contributed by atoms with Gasteiger partial charge in [-0.05, 0) is 43.2 Å². The van der Waals surface area contributed by atoms with Crippen LogP contribution in [0.2, 0.25) is 0 Å². The van der Waals surface area contributed by atoms with Gasteiger partial charge < -0.3 is 9.40 Å². The first-order valence-corrected chi connectivity index (χ1v) is 7.08. The van der Waals surface area contributed by atoms with Crippen molar-refractivity contribution >= 4 is 22.1 Å². The molecule has 2 aromatic carbocycles. The number of imidazole rings is 1. The molecule has 0 fully saturated rings. The van der Waals surface area contributed by atoms with E-state index in [1.807, 2.05) is 31.2 Å². The predicted octanol–water partition coefficient (Wildman–Crippen LogP) is 3.80. The average Bonchev–Trinajstić information content (AvgIpc) is 3.06. The first kappa shape index (κ1) is 12.1. The second kappa shape index (κ2) is 4.74. The molecule has 4 heteroatoms. The van der Waals surface area contributed by atoms with Gasteiger partial charge in [0.15, 0.2) is 11.5 Å². The summed E-state index contributed by atoms with van der Waals surface area (Å²) in [6.07, 6.45) is 1.70. The van der Waals surface area contributed by atoms with Crippen LogP contribution in [0.4, 0.5) is 0 Å². The zero-order valence-corrected chi connectivity index (χ0v) is 11.8. The lowest BCUT2D eigenvalue weighted by Gasteiger charge is -1.98. The third-order valence-electron chi connectivity index (χ3n) is 3.63. The van der Waals surface area contributed by atoms with Gasteiger partial charge in [0.25, 0.3) is 0 Å². The molecule has 0 bridgehead atoms. The predicted molar refractivity (Wildman–Crippen MR) is 82.2 cm³/mol. The number of nitrogens with zero attached hydrogens (tertiary/aromatic N) is 2. The Kier molecular flexibility index (Phi) is 2.74. The Morgan fingerprint density at radius 3 is 2.81 bits per heavy atom. The van der Waals surface area contributed by atoms with Crippen LogP contribution in [-0.2, 0) is 12.8 Å². The number of aromatic amines is 1. The molecular weight excluding hydrogens is 262 g/mol. The Morgan fingerprint density at radius 2 is 1.90 bits per heavy atom.